The zero-order chi connectivity index (χ0) is 14.6. The fourth-order valence-corrected chi connectivity index (χ4v) is 3.35. The lowest BCUT2D eigenvalue weighted by Gasteiger charge is -2.22. The average molecular weight is 291 g/mol. The van der Waals surface area contributed by atoms with E-state index in [1.165, 1.54) is 10.5 Å². The summed E-state index contributed by atoms with van der Waals surface area (Å²) in [5, 5.41) is 0. The fraction of sp³-hybridized carbons (Fsp3) is 0.214. The van der Waals surface area contributed by atoms with E-state index in [1.807, 2.05) is 12.1 Å². The van der Waals surface area contributed by atoms with Crippen LogP contribution in [0.15, 0.2) is 53.7 Å². The van der Waals surface area contributed by atoms with E-state index >= 15 is 0 Å². The molecule has 2 rings (SSSR count). The van der Waals surface area contributed by atoms with Gasteiger partial charge in [0.25, 0.3) is 10.0 Å². The van der Waals surface area contributed by atoms with Crippen LogP contribution in [0.4, 0.5) is 5.69 Å². The van der Waals surface area contributed by atoms with E-state index in [2.05, 4.69) is 4.98 Å². The van der Waals surface area contributed by atoms with Crippen molar-refractivity contribution in [1.29, 1.82) is 0 Å². The maximum Gasteiger partial charge on any atom is 0.265 e. The summed E-state index contributed by atoms with van der Waals surface area (Å²) in [7, 11) is -3.58. The number of hydrogen-bond acceptors (Lipinski definition) is 4. The molecule has 0 unspecified atom stereocenters. The highest BCUT2D eigenvalue weighted by molar-refractivity contribution is 7.92. The molecule has 5 nitrogen and oxygen atoms in total. The van der Waals surface area contributed by atoms with E-state index in [0.717, 1.165) is 5.56 Å². The van der Waals surface area contributed by atoms with Crippen molar-refractivity contribution in [1.82, 2.24) is 4.98 Å². The van der Waals surface area contributed by atoms with Gasteiger partial charge in [-0.3, -0.25) is 9.29 Å². The third-order valence-electron chi connectivity index (χ3n) is 2.97. The first-order valence-corrected chi connectivity index (χ1v) is 7.75. The van der Waals surface area contributed by atoms with Crippen molar-refractivity contribution in [2.75, 3.05) is 10.8 Å². The molecule has 1 aromatic heterocycles. The van der Waals surface area contributed by atoms with Gasteiger partial charge in [-0.1, -0.05) is 12.1 Å². The molecule has 20 heavy (non-hydrogen) atoms. The number of rotatable bonds is 5. The monoisotopic (exact) mass is 291 g/mol. The Kier molecular flexibility index (Phi) is 4.36. The number of hydrogen-bond donors (Lipinski definition) is 1. The second-order valence-electron chi connectivity index (χ2n) is 4.23. The zero-order valence-electron chi connectivity index (χ0n) is 11.2. The minimum absolute atomic E-state index is 0.185. The van der Waals surface area contributed by atoms with Crippen LogP contribution in [0.25, 0.3) is 0 Å². The number of aromatic nitrogens is 1. The molecule has 0 amide bonds. The Labute approximate surface area is 119 Å². The van der Waals surface area contributed by atoms with Gasteiger partial charge in [-0.05, 0) is 36.8 Å². The Morgan fingerprint density at radius 3 is 2.40 bits per heavy atom. The molecule has 6 heteroatoms. The highest BCUT2D eigenvalue weighted by Gasteiger charge is 2.23. The average Bonchev–Trinajstić information content (AvgIpc) is 2.49. The third-order valence-corrected chi connectivity index (χ3v) is 4.86. The van der Waals surface area contributed by atoms with Crippen molar-refractivity contribution in [2.45, 2.75) is 18.4 Å². The van der Waals surface area contributed by atoms with Crippen LogP contribution in [-0.2, 0) is 16.6 Å². The molecule has 0 fully saturated rings. The van der Waals surface area contributed by atoms with Crippen LogP contribution >= 0.6 is 0 Å². The second kappa shape index (κ2) is 6.02. The summed E-state index contributed by atoms with van der Waals surface area (Å²) in [6.07, 6.45) is 2.90. The predicted molar refractivity (Wildman–Crippen MR) is 78.8 cm³/mol. The van der Waals surface area contributed by atoms with Crippen molar-refractivity contribution < 1.29 is 8.42 Å². The lowest BCUT2D eigenvalue weighted by Crippen LogP contribution is -2.30. The number of nitrogens with two attached hydrogens (primary N) is 1. The Morgan fingerprint density at radius 1 is 1.20 bits per heavy atom. The van der Waals surface area contributed by atoms with Crippen LogP contribution < -0.4 is 10.0 Å². The molecule has 0 bridgehead atoms. The molecule has 0 aliphatic carbocycles. The number of benzene rings is 1. The molecule has 0 saturated carbocycles. The van der Waals surface area contributed by atoms with E-state index in [4.69, 9.17) is 5.73 Å². The summed E-state index contributed by atoms with van der Waals surface area (Å²) in [4.78, 5) is 4.05. The Hall–Kier alpha value is -1.92. The molecular weight excluding hydrogens is 274 g/mol. The van der Waals surface area contributed by atoms with Gasteiger partial charge in [0.2, 0.25) is 0 Å². The first-order valence-electron chi connectivity index (χ1n) is 6.31. The van der Waals surface area contributed by atoms with Crippen LogP contribution in [0.1, 0.15) is 12.5 Å². The van der Waals surface area contributed by atoms with Crippen LogP contribution in [0.2, 0.25) is 0 Å². The predicted octanol–water partition coefficient (Wildman–Crippen LogP) is 1.76. The highest BCUT2D eigenvalue weighted by atomic mass is 32.2. The quantitative estimate of drug-likeness (QED) is 0.910. The largest absolute Gasteiger partial charge is 0.326 e. The van der Waals surface area contributed by atoms with Crippen LogP contribution in [-0.4, -0.2) is 19.9 Å². The van der Waals surface area contributed by atoms with E-state index in [9.17, 15) is 8.42 Å². The molecule has 1 heterocycles. The van der Waals surface area contributed by atoms with Crippen molar-refractivity contribution in [3.63, 3.8) is 0 Å². The minimum Gasteiger partial charge on any atom is -0.326 e. The topological polar surface area (TPSA) is 76.3 Å². The summed E-state index contributed by atoms with van der Waals surface area (Å²) in [6, 6.07) is 10.3. The fourth-order valence-electron chi connectivity index (χ4n) is 1.92. The summed E-state index contributed by atoms with van der Waals surface area (Å²) in [5.41, 5.74) is 7.13. The first kappa shape index (κ1) is 14.5. The van der Waals surface area contributed by atoms with Crippen LogP contribution in [0.3, 0.4) is 0 Å². The van der Waals surface area contributed by atoms with Gasteiger partial charge in [0.05, 0.1) is 5.69 Å². The molecule has 0 spiro atoms. The van der Waals surface area contributed by atoms with Crippen molar-refractivity contribution in [3.05, 3.63) is 54.4 Å². The summed E-state index contributed by atoms with van der Waals surface area (Å²) >= 11 is 0. The van der Waals surface area contributed by atoms with Gasteiger partial charge in [0.15, 0.2) is 0 Å². The Balaban J connectivity index is 2.41. The molecule has 2 N–H and O–H groups in total. The molecule has 2 aromatic rings. The first-order chi connectivity index (χ1) is 9.59. The number of pyridine rings is 1. The molecule has 0 saturated heterocycles. The Bertz CT molecular complexity index is 655. The normalized spacial score (nSPS) is 11.3. The lowest BCUT2D eigenvalue weighted by atomic mass is 10.2. The summed E-state index contributed by atoms with van der Waals surface area (Å²) in [5.74, 6) is 0. The maximum absolute atomic E-state index is 12.6. The number of nitrogens with zero attached hydrogens (tertiary/aromatic N) is 2. The van der Waals surface area contributed by atoms with Crippen LogP contribution in [0, 0.1) is 0 Å². The molecule has 106 valence electrons. The minimum atomic E-state index is -3.58. The van der Waals surface area contributed by atoms with Crippen molar-refractivity contribution in [2.24, 2.45) is 5.73 Å². The lowest BCUT2D eigenvalue weighted by molar-refractivity contribution is 0.591. The van der Waals surface area contributed by atoms with Gasteiger partial charge >= 0.3 is 0 Å². The molecule has 0 aliphatic rings. The summed E-state index contributed by atoms with van der Waals surface area (Å²) in [6.45, 7) is 2.58. The van der Waals surface area contributed by atoms with Crippen molar-refractivity contribution in [3.8, 4) is 0 Å². The van der Waals surface area contributed by atoms with E-state index in [1.54, 1.807) is 37.4 Å². The van der Waals surface area contributed by atoms with Crippen molar-refractivity contribution >= 4 is 15.7 Å². The molecule has 0 aliphatic heterocycles. The Morgan fingerprint density at radius 2 is 1.90 bits per heavy atom. The van der Waals surface area contributed by atoms with Gasteiger partial charge in [0.1, 0.15) is 4.90 Å². The van der Waals surface area contributed by atoms with E-state index in [0.29, 0.717) is 18.8 Å². The second-order valence-corrected chi connectivity index (χ2v) is 6.09. The van der Waals surface area contributed by atoms with E-state index < -0.39 is 10.0 Å². The maximum atomic E-state index is 12.6. The number of anilines is 1. The molecule has 0 atom stereocenters. The highest BCUT2D eigenvalue weighted by Crippen LogP contribution is 2.23. The molecule has 0 radical (unpaired) electrons. The van der Waals surface area contributed by atoms with Crippen LogP contribution in [0.5, 0.6) is 0 Å². The van der Waals surface area contributed by atoms with E-state index in [-0.39, 0.29) is 4.90 Å². The standard InChI is InChI=1S/C14H17N3O2S/c1-2-17(13-7-5-12(10-15)6-8-13)20(18,19)14-4-3-9-16-11-14/h3-9,11H,2,10,15H2,1H3. The zero-order valence-corrected chi connectivity index (χ0v) is 12.0. The third kappa shape index (κ3) is 2.81. The number of sulfonamides is 1. The summed E-state index contributed by atoms with van der Waals surface area (Å²) < 4.78 is 26.5. The van der Waals surface area contributed by atoms with Gasteiger partial charge in [-0.25, -0.2) is 8.42 Å². The van der Waals surface area contributed by atoms with Gasteiger partial charge in [-0.2, -0.15) is 0 Å². The smallest absolute Gasteiger partial charge is 0.265 e. The molecular formula is C14H17N3O2S. The van der Waals surface area contributed by atoms with Gasteiger partial charge in [0, 0.05) is 25.5 Å². The van der Waals surface area contributed by atoms with Gasteiger partial charge in [-0.15, -0.1) is 0 Å². The molecule has 1 aromatic carbocycles. The van der Waals surface area contributed by atoms with Gasteiger partial charge < -0.3 is 5.73 Å². The SMILES string of the molecule is CCN(c1ccc(CN)cc1)S(=O)(=O)c1cccnc1.